The number of anilines is 1. The minimum Gasteiger partial charge on any atom is -0.464 e. The fourth-order valence-electron chi connectivity index (χ4n) is 7.04. The van der Waals surface area contributed by atoms with E-state index in [1.54, 1.807) is 31.2 Å². The highest BCUT2D eigenvalue weighted by atomic mass is 16.6. The molecule has 326 valence electrons. The van der Waals surface area contributed by atoms with Gasteiger partial charge in [-0.1, -0.05) is 45.9 Å². The lowest BCUT2D eigenvalue weighted by atomic mass is 9.77. The number of benzene rings is 1. The highest BCUT2D eigenvalue weighted by Crippen LogP contribution is 2.49. The molecule has 0 bridgehead atoms. The van der Waals surface area contributed by atoms with Gasteiger partial charge >= 0.3 is 23.5 Å². The average molecular weight is 843 g/mol. The minimum absolute atomic E-state index is 0.125. The molecule has 0 saturated carbocycles. The van der Waals surface area contributed by atoms with E-state index in [0.717, 1.165) is 6.33 Å². The molecular weight excluding hydrogens is 792 g/mol. The van der Waals surface area contributed by atoms with Gasteiger partial charge in [-0.25, -0.2) is 24.4 Å². The third-order valence-electron chi connectivity index (χ3n) is 10.6. The van der Waals surface area contributed by atoms with E-state index in [-0.39, 0.29) is 40.4 Å². The van der Waals surface area contributed by atoms with Crippen LogP contribution in [0.25, 0.3) is 11.0 Å². The summed E-state index contributed by atoms with van der Waals surface area (Å²) < 4.78 is 30.1. The number of nitrogen functional groups attached to an aromatic ring is 1. The molecule has 3 aromatic heterocycles. The average Bonchev–Trinajstić information content (AvgIpc) is 3.98. The second-order valence-corrected chi connectivity index (χ2v) is 14.2. The molecule has 23 nitrogen and oxygen atoms in total. The first-order valence-electron chi connectivity index (χ1n) is 18.4. The Bertz CT molecular complexity index is 2300. The van der Waals surface area contributed by atoms with Crippen molar-refractivity contribution in [3.63, 3.8) is 0 Å². The molecule has 0 amide bonds. The maximum Gasteiger partial charge on any atom is 0.359 e. The first-order chi connectivity index (χ1) is 28.4. The molecule has 11 N–H and O–H groups in total. The maximum atomic E-state index is 12.9. The van der Waals surface area contributed by atoms with Crippen LogP contribution in [-0.2, 0) is 23.7 Å². The normalized spacial score (nSPS) is 25.6. The van der Waals surface area contributed by atoms with E-state index in [0.29, 0.717) is 18.4 Å². The summed E-state index contributed by atoms with van der Waals surface area (Å²) in [5.74, 6) is -2.77. The first kappa shape index (κ1) is 46.4. The first-order valence-corrected chi connectivity index (χ1v) is 18.4. The second-order valence-electron chi connectivity index (χ2n) is 14.2. The van der Waals surface area contributed by atoms with E-state index in [1.807, 2.05) is 26.8 Å². The largest absolute Gasteiger partial charge is 0.464 e. The summed E-state index contributed by atoms with van der Waals surface area (Å²) >= 11 is 0. The van der Waals surface area contributed by atoms with Gasteiger partial charge in [0.1, 0.15) is 11.6 Å². The number of carbonyl (C=O) groups excluding carboxylic acids is 3. The number of aromatic amines is 1. The standard InChI is InChI=1S/C23H28N2O7.C13H17N5O6.CH5N3/c1-6-15-23(3,7-2)18(32-20(26)14-11-9-8-10-12-14)19(31-15)25-13-24-16(21(27)29-4)17(25)22(28)30-5;1-13(3-20)5(2-19)24-11(8(13)21)18-4-15-6-7(18)10(23)17-12(14)16-9(6)22;2-1(3)4/h8-13,15,18-19H,6-7H2,1-5H3;4-5,8,11,19-21H,2-3H2,1H3,(H3,14,16,17,22,23);(H5,2,3,4). The SMILES string of the molecule is CC1(CO)C(CO)OC(n2cnc3c(=O)nc(N)[nH]c(=O)c32)C1O.CCC1OC(n2cnc(C(=O)OC)c2C(=O)OC)C(OC(=O)c2ccccc2)C1(C)CC.N=C(N)N. The van der Waals surface area contributed by atoms with Crippen LogP contribution in [0.1, 0.15) is 84.3 Å². The number of imidazole rings is 2. The topological polar surface area (TPSA) is 358 Å². The number of aliphatic hydroxyl groups excluding tert-OH is 3. The zero-order chi connectivity index (χ0) is 44.7. The van der Waals surface area contributed by atoms with E-state index >= 15 is 0 Å². The molecule has 2 aliphatic heterocycles. The Kier molecular flexibility index (Phi) is 14.9. The Morgan fingerprint density at radius 2 is 1.52 bits per heavy atom. The van der Waals surface area contributed by atoms with Crippen molar-refractivity contribution in [2.45, 2.75) is 77.4 Å². The molecule has 8 atom stereocenters. The van der Waals surface area contributed by atoms with Gasteiger partial charge in [-0.3, -0.25) is 29.1 Å². The molecule has 4 aromatic rings. The molecule has 1 aromatic carbocycles. The lowest BCUT2D eigenvalue weighted by molar-refractivity contribution is -0.0537. The van der Waals surface area contributed by atoms with Gasteiger partial charge in [-0.05, 0) is 25.0 Å². The van der Waals surface area contributed by atoms with Crippen LogP contribution in [0.15, 0.2) is 52.6 Å². The van der Waals surface area contributed by atoms with E-state index < -0.39 is 83.8 Å². The highest BCUT2D eigenvalue weighted by molar-refractivity contribution is 6.00. The molecule has 6 rings (SSSR count). The number of nitrogens with one attached hydrogen (secondary N) is 2. The summed E-state index contributed by atoms with van der Waals surface area (Å²) in [4.78, 5) is 75.6. The molecule has 5 heterocycles. The van der Waals surface area contributed by atoms with Crippen LogP contribution in [0.4, 0.5) is 5.95 Å². The Morgan fingerprint density at radius 3 is 2.05 bits per heavy atom. The summed E-state index contributed by atoms with van der Waals surface area (Å²) in [6, 6.07) is 8.65. The number of hydrogen-bond acceptors (Lipinski definition) is 18. The molecule has 60 heavy (non-hydrogen) atoms. The smallest absolute Gasteiger partial charge is 0.359 e. The van der Waals surface area contributed by atoms with Crippen LogP contribution in [0.2, 0.25) is 0 Å². The van der Waals surface area contributed by atoms with Crippen LogP contribution >= 0.6 is 0 Å². The Labute approximate surface area is 341 Å². The van der Waals surface area contributed by atoms with Crippen LogP contribution in [0, 0.1) is 16.2 Å². The Hall–Kier alpha value is -6.27. The second kappa shape index (κ2) is 19.2. The van der Waals surface area contributed by atoms with Gasteiger partial charge in [0.05, 0.1) is 57.9 Å². The zero-order valence-corrected chi connectivity index (χ0v) is 33.7. The van der Waals surface area contributed by atoms with Crippen molar-refractivity contribution in [3.8, 4) is 0 Å². The molecule has 2 aliphatic rings. The number of hydrogen-bond donors (Lipinski definition) is 8. The number of nitrogens with zero attached hydrogens (tertiary/aromatic N) is 5. The lowest BCUT2D eigenvalue weighted by Gasteiger charge is -2.33. The molecule has 0 aliphatic carbocycles. The third-order valence-corrected chi connectivity index (χ3v) is 10.6. The Morgan fingerprint density at radius 1 is 0.917 bits per heavy atom. The molecule has 0 spiro atoms. The van der Waals surface area contributed by atoms with Gasteiger partial charge in [0.25, 0.3) is 5.56 Å². The summed E-state index contributed by atoms with van der Waals surface area (Å²) in [5, 5.41) is 35.6. The van der Waals surface area contributed by atoms with Crippen LogP contribution < -0.4 is 28.3 Å². The molecule has 0 radical (unpaired) electrons. The van der Waals surface area contributed by atoms with E-state index in [1.165, 1.54) is 29.7 Å². The van der Waals surface area contributed by atoms with Crippen molar-refractivity contribution in [1.82, 2.24) is 29.1 Å². The van der Waals surface area contributed by atoms with Crippen molar-refractivity contribution < 1.29 is 53.4 Å². The lowest BCUT2D eigenvalue weighted by Crippen LogP contribution is -2.42. The highest BCUT2D eigenvalue weighted by Gasteiger charge is 2.56. The number of esters is 3. The number of ether oxygens (including phenoxy) is 5. The van der Waals surface area contributed by atoms with Crippen molar-refractivity contribution in [2.75, 3.05) is 33.2 Å². The van der Waals surface area contributed by atoms with E-state index in [9.17, 15) is 39.3 Å². The van der Waals surface area contributed by atoms with Crippen molar-refractivity contribution in [1.29, 1.82) is 5.41 Å². The predicted molar refractivity (Wildman–Crippen MR) is 210 cm³/mol. The summed E-state index contributed by atoms with van der Waals surface area (Å²) in [5.41, 5.74) is 10.8. The number of aromatic nitrogens is 6. The van der Waals surface area contributed by atoms with Crippen molar-refractivity contribution in [3.05, 3.63) is 80.6 Å². The number of carbonyl (C=O) groups is 3. The molecule has 8 unspecified atom stereocenters. The van der Waals surface area contributed by atoms with Gasteiger partial charge < -0.3 is 56.2 Å². The van der Waals surface area contributed by atoms with Gasteiger partial charge in [-0.15, -0.1) is 0 Å². The summed E-state index contributed by atoms with van der Waals surface area (Å²) in [6.45, 7) is 6.61. The summed E-state index contributed by atoms with van der Waals surface area (Å²) in [6.07, 6.45) is -1.40. The van der Waals surface area contributed by atoms with Gasteiger partial charge in [0, 0.05) is 10.8 Å². The molecule has 2 saturated heterocycles. The number of methoxy groups -OCH3 is 2. The maximum absolute atomic E-state index is 12.9. The summed E-state index contributed by atoms with van der Waals surface area (Å²) in [7, 11) is 2.40. The van der Waals surface area contributed by atoms with Crippen LogP contribution in [0.5, 0.6) is 0 Å². The number of guanidine groups is 1. The number of nitrogens with two attached hydrogens (primary N) is 3. The molecular formula is C37H50N10O13. The quantitative estimate of drug-likeness (QED) is 0.0434. The predicted octanol–water partition coefficient (Wildman–Crippen LogP) is -0.445. The monoisotopic (exact) mass is 842 g/mol. The van der Waals surface area contributed by atoms with Crippen LogP contribution in [0.3, 0.4) is 0 Å². The minimum atomic E-state index is -1.26. The van der Waals surface area contributed by atoms with Crippen molar-refractivity contribution >= 4 is 40.8 Å². The van der Waals surface area contributed by atoms with Gasteiger partial charge in [0.2, 0.25) is 5.95 Å². The zero-order valence-electron chi connectivity index (χ0n) is 33.7. The number of fused-ring (bicyclic) bond motifs is 1. The molecule has 2 fully saturated rings. The Balaban J connectivity index is 0.000000251. The molecule has 23 heteroatoms. The number of aliphatic hydroxyl groups is 3. The fourth-order valence-corrected chi connectivity index (χ4v) is 7.04. The van der Waals surface area contributed by atoms with Crippen LogP contribution in [-0.4, -0.2) is 120 Å². The number of rotatable bonds is 10. The van der Waals surface area contributed by atoms with Gasteiger partial charge in [0.15, 0.2) is 41.4 Å². The fraction of sp³-hybridized carbons (Fsp3) is 0.486. The van der Waals surface area contributed by atoms with Crippen molar-refractivity contribution in [2.24, 2.45) is 22.3 Å². The third kappa shape index (κ3) is 8.98. The van der Waals surface area contributed by atoms with Gasteiger partial charge in [-0.2, -0.15) is 4.98 Å². The van der Waals surface area contributed by atoms with E-state index in [4.69, 9.17) is 34.8 Å². The number of H-pyrrole nitrogens is 1. The van der Waals surface area contributed by atoms with E-state index in [2.05, 4.69) is 31.4 Å².